The van der Waals surface area contributed by atoms with Gasteiger partial charge in [0.2, 0.25) is 5.91 Å². The number of benzene rings is 3. The van der Waals surface area contributed by atoms with Gasteiger partial charge in [-0.15, -0.1) is 0 Å². The first kappa shape index (κ1) is 27.0. The minimum Gasteiger partial charge on any atom is -0.484 e. The number of amides is 2. The van der Waals surface area contributed by atoms with Gasteiger partial charge in [-0.3, -0.25) is 9.59 Å². The quantitative estimate of drug-likeness (QED) is 0.415. The fourth-order valence-electron chi connectivity index (χ4n) is 4.02. The molecule has 0 saturated carbocycles. The molecule has 0 saturated heterocycles. The number of aryl methyl sites for hydroxylation is 1. The van der Waals surface area contributed by atoms with Crippen LogP contribution < -0.4 is 10.1 Å². The lowest BCUT2D eigenvalue weighted by atomic mass is 9.87. The molecule has 1 atom stereocenters. The van der Waals surface area contributed by atoms with Crippen molar-refractivity contribution < 1.29 is 14.3 Å². The zero-order valence-corrected chi connectivity index (χ0v) is 22.1. The van der Waals surface area contributed by atoms with E-state index in [1.807, 2.05) is 92.7 Å². The Morgan fingerprint density at radius 3 is 2.11 bits per heavy atom. The maximum atomic E-state index is 13.6. The van der Waals surface area contributed by atoms with E-state index >= 15 is 0 Å². The van der Waals surface area contributed by atoms with Crippen molar-refractivity contribution in [2.75, 3.05) is 13.2 Å². The summed E-state index contributed by atoms with van der Waals surface area (Å²) in [6.07, 6.45) is 0.421. The average Bonchev–Trinajstić information content (AvgIpc) is 2.86. The lowest BCUT2D eigenvalue weighted by Gasteiger charge is -2.31. The van der Waals surface area contributed by atoms with Crippen molar-refractivity contribution in [3.05, 3.63) is 101 Å². The van der Waals surface area contributed by atoms with Crippen LogP contribution in [-0.2, 0) is 28.0 Å². The third kappa shape index (κ3) is 7.70. The van der Waals surface area contributed by atoms with E-state index in [1.54, 1.807) is 4.90 Å². The molecule has 5 heteroatoms. The molecule has 0 aromatic heterocycles. The van der Waals surface area contributed by atoms with Crippen LogP contribution in [0, 0.1) is 6.92 Å². The predicted octanol–water partition coefficient (Wildman–Crippen LogP) is 5.45. The van der Waals surface area contributed by atoms with Crippen LogP contribution in [0.5, 0.6) is 5.75 Å². The monoisotopic (exact) mass is 486 g/mol. The van der Waals surface area contributed by atoms with Gasteiger partial charge in [-0.2, -0.15) is 0 Å². The summed E-state index contributed by atoms with van der Waals surface area (Å²) in [6, 6.07) is 25.0. The van der Waals surface area contributed by atoms with Crippen LogP contribution in [0.3, 0.4) is 0 Å². The zero-order valence-electron chi connectivity index (χ0n) is 22.1. The molecule has 0 unspecified atom stereocenters. The summed E-state index contributed by atoms with van der Waals surface area (Å²) in [5, 5.41) is 2.92. The number of nitrogens with zero attached hydrogens (tertiary/aromatic N) is 1. The van der Waals surface area contributed by atoms with E-state index in [1.165, 1.54) is 5.56 Å². The number of hydrogen-bond acceptors (Lipinski definition) is 3. The third-order valence-electron chi connectivity index (χ3n) is 6.18. The first-order chi connectivity index (χ1) is 17.2. The Morgan fingerprint density at radius 1 is 0.889 bits per heavy atom. The van der Waals surface area contributed by atoms with Crippen LogP contribution >= 0.6 is 0 Å². The van der Waals surface area contributed by atoms with Crippen LogP contribution in [0.4, 0.5) is 0 Å². The Labute approximate surface area is 215 Å². The Balaban J connectivity index is 1.85. The van der Waals surface area contributed by atoms with Gasteiger partial charge in [0.25, 0.3) is 5.91 Å². The molecule has 3 aromatic carbocycles. The molecule has 3 rings (SSSR count). The van der Waals surface area contributed by atoms with Crippen molar-refractivity contribution in [2.24, 2.45) is 0 Å². The highest BCUT2D eigenvalue weighted by Crippen LogP contribution is 2.24. The summed E-state index contributed by atoms with van der Waals surface area (Å²) in [5.41, 5.74) is 4.33. The van der Waals surface area contributed by atoms with Crippen molar-refractivity contribution in [2.45, 2.75) is 59.0 Å². The Hall–Kier alpha value is -3.60. The van der Waals surface area contributed by atoms with Gasteiger partial charge >= 0.3 is 0 Å². The molecule has 3 aromatic rings. The number of rotatable bonds is 10. The van der Waals surface area contributed by atoms with E-state index in [0.717, 1.165) is 16.7 Å². The summed E-state index contributed by atoms with van der Waals surface area (Å²) in [5.74, 6) is 0.225. The maximum Gasteiger partial charge on any atom is 0.261 e. The molecular formula is C31H38N2O3. The van der Waals surface area contributed by atoms with Gasteiger partial charge < -0.3 is 15.0 Å². The minimum atomic E-state index is -0.659. The Kier molecular flexibility index (Phi) is 9.29. The molecule has 0 radical (unpaired) electrons. The topological polar surface area (TPSA) is 58.6 Å². The molecule has 0 spiro atoms. The van der Waals surface area contributed by atoms with Gasteiger partial charge in [0.1, 0.15) is 11.8 Å². The molecule has 1 N–H and O–H groups in total. The predicted molar refractivity (Wildman–Crippen MR) is 145 cm³/mol. The largest absolute Gasteiger partial charge is 0.484 e. The lowest BCUT2D eigenvalue weighted by Crippen LogP contribution is -2.51. The van der Waals surface area contributed by atoms with Gasteiger partial charge in [0, 0.05) is 19.5 Å². The normalized spacial score (nSPS) is 12.0. The summed E-state index contributed by atoms with van der Waals surface area (Å²) in [7, 11) is 0. The van der Waals surface area contributed by atoms with Gasteiger partial charge in [0.15, 0.2) is 6.61 Å². The standard InChI is InChI=1S/C31H38N2O3/c1-6-32-30(35)28(20-24-10-8-7-9-11-24)33(21-25-14-12-23(2)13-15-25)29(34)22-36-27-18-16-26(17-19-27)31(3,4)5/h7-19,28H,6,20-22H2,1-5H3,(H,32,35)/t28-/m1/s1. The fraction of sp³-hybridized carbons (Fsp3) is 0.355. The third-order valence-corrected chi connectivity index (χ3v) is 6.18. The molecule has 2 amide bonds. The van der Waals surface area contributed by atoms with Gasteiger partial charge in [-0.1, -0.05) is 93.1 Å². The number of hydrogen-bond donors (Lipinski definition) is 1. The smallest absolute Gasteiger partial charge is 0.261 e. The second-order valence-corrected chi connectivity index (χ2v) is 10.2. The molecule has 5 nitrogen and oxygen atoms in total. The second kappa shape index (κ2) is 12.4. The number of ether oxygens (including phenoxy) is 1. The first-order valence-corrected chi connectivity index (χ1v) is 12.6. The van der Waals surface area contributed by atoms with Crippen molar-refractivity contribution in [3.8, 4) is 5.75 Å². The van der Waals surface area contributed by atoms with Crippen LogP contribution in [-0.4, -0.2) is 35.9 Å². The number of carbonyl (C=O) groups is 2. The molecule has 0 aliphatic rings. The van der Waals surface area contributed by atoms with E-state index in [2.05, 4.69) is 26.1 Å². The van der Waals surface area contributed by atoms with Gasteiger partial charge in [0.05, 0.1) is 0 Å². The van der Waals surface area contributed by atoms with E-state index < -0.39 is 6.04 Å². The zero-order chi connectivity index (χ0) is 26.1. The number of likely N-dealkylation sites (N-methyl/N-ethyl adjacent to an activating group) is 1. The molecular weight excluding hydrogens is 448 g/mol. The Morgan fingerprint density at radius 2 is 1.53 bits per heavy atom. The molecule has 0 bridgehead atoms. The summed E-state index contributed by atoms with van der Waals surface area (Å²) in [4.78, 5) is 28.4. The van der Waals surface area contributed by atoms with Crippen LogP contribution in [0.15, 0.2) is 78.9 Å². The molecule has 190 valence electrons. The van der Waals surface area contributed by atoms with Crippen LogP contribution in [0.25, 0.3) is 0 Å². The van der Waals surface area contributed by atoms with Crippen molar-refractivity contribution >= 4 is 11.8 Å². The van der Waals surface area contributed by atoms with E-state index in [0.29, 0.717) is 25.3 Å². The van der Waals surface area contributed by atoms with Crippen LogP contribution in [0.2, 0.25) is 0 Å². The second-order valence-electron chi connectivity index (χ2n) is 10.2. The van der Waals surface area contributed by atoms with Crippen LogP contribution in [0.1, 0.15) is 49.9 Å². The fourth-order valence-corrected chi connectivity index (χ4v) is 4.02. The van der Waals surface area contributed by atoms with E-state index in [-0.39, 0.29) is 23.8 Å². The molecule has 36 heavy (non-hydrogen) atoms. The SMILES string of the molecule is CCNC(=O)[C@@H](Cc1ccccc1)N(Cc1ccc(C)cc1)C(=O)COc1ccc(C(C)(C)C)cc1. The number of nitrogens with one attached hydrogen (secondary N) is 1. The highest BCUT2D eigenvalue weighted by molar-refractivity contribution is 5.88. The molecule has 0 heterocycles. The molecule has 0 aliphatic heterocycles. The van der Waals surface area contributed by atoms with Crippen molar-refractivity contribution in [3.63, 3.8) is 0 Å². The molecule has 0 fully saturated rings. The van der Waals surface area contributed by atoms with E-state index in [9.17, 15) is 9.59 Å². The highest BCUT2D eigenvalue weighted by atomic mass is 16.5. The maximum absolute atomic E-state index is 13.6. The summed E-state index contributed by atoms with van der Waals surface area (Å²) < 4.78 is 5.89. The minimum absolute atomic E-state index is 0.0382. The van der Waals surface area contributed by atoms with E-state index in [4.69, 9.17) is 4.74 Å². The first-order valence-electron chi connectivity index (χ1n) is 12.6. The van der Waals surface area contributed by atoms with Crippen molar-refractivity contribution in [1.29, 1.82) is 0 Å². The molecule has 0 aliphatic carbocycles. The average molecular weight is 487 g/mol. The Bertz CT molecular complexity index is 1120. The highest BCUT2D eigenvalue weighted by Gasteiger charge is 2.30. The summed E-state index contributed by atoms with van der Waals surface area (Å²) >= 11 is 0. The lowest BCUT2D eigenvalue weighted by molar-refractivity contribution is -0.142. The van der Waals surface area contributed by atoms with Gasteiger partial charge in [-0.05, 0) is 48.1 Å². The summed E-state index contributed by atoms with van der Waals surface area (Å²) in [6.45, 7) is 11.0. The van der Waals surface area contributed by atoms with Gasteiger partial charge in [-0.25, -0.2) is 0 Å². The van der Waals surface area contributed by atoms with Crippen molar-refractivity contribution in [1.82, 2.24) is 10.2 Å². The number of carbonyl (C=O) groups excluding carboxylic acids is 2.